The Balaban J connectivity index is 1.02. The highest BCUT2D eigenvalue weighted by Gasteiger charge is 2.19. The standard InChI is InChI=1S/C51H29N3OS2/c1-3-12-30(13-4-1)49-52-50(31-14-5-2-6-15-31)54-51(53-49)33-23-25-37-36-24-22-32(27-44(36)57-45(37)28-33)40-26-34(29-46-48(40)39-17-8-10-21-43(39)56-46)35-18-11-20-42-47(35)38-16-7-9-19-41(38)55-42/h1-29H. The summed E-state index contributed by atoms with van der Waals surface area (Å²) in [7, 11) is 0. The molecule has 0 unspecified atom stereocenters. The molecule has 12 aromatic rings. The predicted molar refractivity (Wildman–Crippen MR) is 240 cm³/mol. The molecule has 4 nitrogen and oxygen atoms in total. The number of benzene rings is 8. The third kappa shape index (κ3) is 5.30. The second kappa shape index (κ2) is 12.8. The van der Waals surface area contributed by atoms with E-state index in [2.05, 4.69) is 109 Å². The Morgan fingerprint density at radius 1 is 0.316 bits per heavy atom. The minimum absolute atomic E-state index is 0.659. The SMILES string of the molecule is c1ccc(-c2nc(-c3ccccc3)nc(-c3ccc4c(c3)sc3cc(-c5cc(-c6cccc7oc8ccccc8c67)cc6sc7ccccc7c56)ccc34)n2)cc1. The van der Waals surface area contributed by atoms with Gasteiger partial charge >= 0.3 is 0 Å². The van der Waals surface area contributed by atoms with Crippen molar-refractivity contribution in [3.05, 3.63) is 176 Å². The summed E-state index contributed by atoms with van der Waals surface area (Å²) in [5, 5.41) is 7.34. The lowest BCUT2D eigenvalue weighted by Crippen LogP contribution is -1.99. The smallest absolute Gasteiger partial charge is 0.164 e. The van der Waals surface area contributed by atoms with E-state index in [0.717, 1.165) is 38.6 Å². The quantitative estimate of drug-likeness (QED) is 0.175. The van der Waals surface area contributed by atoms with E-state index in [4.69, 9.17) is 19.4 Å². The van der Waals surface area contributed by atoms with Crippen molar-refractivity contribution < 1.29 is 4.42 Å². The van der Waals surface area contributed by atoms with Crippen LogP contribution in [0.4, 0.5) is 0 Å². The first kappa shape index (κ1) is 32.3. The van der Waals surface area contributed by atoms with E-state index in [1.165, 1.54) is 62.6 Å². The number of aromatic nitrogens is 3. The Bertz CT molecular complexity index is 3470. The average molecular weight is 764 g/mol. The fourth-order valence-corrected chi connectivity index (χ4v) is 10.6. The van der Waals surface area contributed by atoms with Crippen LogP contribution in [0.25, 0.3) is 119 Å². The van der Waals surface area contributed by atoms with Crippen molar-refractivity contribution in [1.82, 2.24) is 15.0 Å². The number of nitrogens with zero attached hydrogens (tertiary/aromatic N) is 3. The van der Waals surface area contributed by atoms with E-state index in [9.17, 15) is 0 Å². The zero-order chi connectivity index (χ0) is 37.5. The first-order chi connectivity index (χ1) is 28.2. The lowest BCUT2D eigenvalue weighted by atomic mass is 9.92. The zero-order valence-corrected chi connectivity index (χ0v) is 31.9. The molecule has 266 valence electrons. The molecule has 0 atom stereocenters. The molecule has 0 saturated heterocycles. The molecule has 0 aliphatic heterocycles. The minimum atomic E-state index is 0.659. The summed E-state index contributed by atoms with van der Waals surface area (Å²) in [5.41, 5.74) is 9.49. The fourth-order valence-electron chi connectivity index (χ4n) is 8.27. The van der Waals surface area contributed by atoms with E-state index >= 15 is 0 Å². The molecule has 0 saturated carbocycles. The molecule has 0 spiro atoms. The molecule has 0 aliphatic carbocycles. The Hall–Kier alpha value is -6.99. The maximum Gasteiger partial charge on any atom is 0.164 e. The topological polar surface area (TPSA) is 51.8 Å². The van der Waals surface area contributed by atoms with Gasteiger partial charge in [0.05, 0.1) is 0 Å². The van der Waals surface area contributed by atoms with Crippen molar-refractivity contribution >= 4 is 85.0 Å². The van der Waals surface area contributed by atoms with Gasteiger partial charge in [-0.05, 0) is 64.7 Å². The van der Waals surface area contributed by atoms with Crippen molar-refractivity contribution in [2.75, 3.05) is 0 Å². The van der Waals surface area contributed by atoms with E-state index in [-0.39, 0.29) is 0 Å². The van der Waals surface area contributed by atoms with Gasteiger partial charge in [-0.25, -0.2) is 15.0 Å². The second-order valence-electron chi connectivity index (χ2n) is 14.3. The van der Waals surface area contributed by atoms with Crippen molar-refractivity contribution in [2.24, 2.45) is 0 Å². The van der Waals surface area contributed by atoms with Crippen LogP contribution in [0.5, 0.6) is 0 Å². The number of para-hydroxylation sites is 1. The Morgan fingerprint density at radius 3 is 1.61 bits per heavy atom. The largest absolute Gasteiger partial charge is 0.456 e. The van der Waals surface area contributed by atoms with Crippen molar-refractivity contribution in [1.29, 1.82) is 0 Å². The Morgan fingerprint density at radius 2 is 0.877 bits per heavy atom. The van der Waals surface area contributed by atoms with Gasteiger partial charge in [-0.15, -0.1) is 22.7 Å². The van der Waals surface area contributed by atoms with Gasteiger partial charge in [0.1, 0.15) is 11.2 Å². The lowest BCUT2D eigenvalue weighted by Gasteiger charge is -2.11. The van der Waals surface area contributed by atoms with Crippen LogP contribution in [0, 0.1) is 0 Å². The summed E-state index contributed by atoms with van der Waals surface area (Å²) in [4.78, 5) is 14.9. The predicted octanol–water partition coefficient (Wildman–Crippen LogP) is 14.8. The third-order valence-corrected chi connectivity index (χ3v) is 13.2. The van der Waals surface area contributed by atoms with Gasteiger partial charge < -0.3 is 4.42 Å². The van der Waals surface area contributed by atoms with Crippen molar-refractivity contribution in [3.63, 3.8) is 0 Å². The van der Waals surface area contributed by atoms with Gasteiger partial charge in [0.2, 0.25) is 0 Å². The van der Waals surface area contributed by atoms with Crippen LogP contribution in [0.2, 0.25) is 0 Å². The molecular formula is C51H29N3OS2. The van der Waals surface area contributed by atoms with E-state index in [1.807, 2.05) is 89.4 Å². The first-order valence-corrected chi connectivity index (χ1v) is 20.6. The van der Waals surface area contributed by atoms with Crippen LogP contribution >= 0.6 is 22.7 Å². The minimum Gasteiger partial charge on any atom is -0.456 e. The molecule has 12 rings (SSSR count). The maximum absolute atomic E-state index is 6.32. The lowest BCUT2D eigenvalue weighted by molar-refractivity contribution is 0.669. The van der Waals surface area contributed by atoms with Crippen LogP contribution in [-0.2, 0) is 0 Å². The molecule has 0 aliphatic rings. The highest BCUT2D eigenvalue weighted by Crippen LogP contribution is 2.46. The molecule has 0 fully saturated rings. The molecule has 4 aromatic heterocycles. The van der Waals surface area contributed by atoms with E-state index < -0.39 is 0 Å². The number of rotatable bonds is 5. The van der Waals surface area contributed by atoms with Gasteiger partial charge in [0, 0.05) is 67.8 Å². The summed E-state index contributed by atoms with van der Waals surface area (Å²) < 4.78 is 11.3. The molecular weight excluding hydrogens is 735 g/mol. The van der Waals surface area contributed by atoms with Crippen molar-refractivity contribution in [3.8, 4) is 56.4 Å². The Kier molecular flexibility index (Phi) is 7.24. The van der Waals surface area contributed by atoms with Gasteiger partial charge in [0.15, 0.2) is 17.5 Å². The van der Waals surface area contributed by atoms with E-state index in [0.29, 0.717) is 17.5 Å². The number of thiophene rings is 2. The van der Waals surface area contributed by atoms with Crippen LogP contribution in [0.1, 0.15) is 0 Å². The fraction of sp³-hybridized carbons (Fsp3) is 0. The van der Waals surface area contributed by atoms with Crippen molar-refractivity contribution in [2.45, 2.75) is 0 Å². The first-order valence-electron chi connectivity index (χ1n) is 18.9. The van der Waals surface area contributed by atoms with Gasteiger partial charge in [-0.2, -0.15) is 0 Å². The summed E-state index contributed by atoms with van der Waals surface area (Å²) in [6, 6.07) is 62.1. The molecule has 8 aromatic carbocycles. The molecule has 0 N–H and O–H groups in total. The second-order valence-corrected chi connectivity index (χ2v) is 16.5. The molecule has 4 heterocycles. The molecule has 0 bridgehead atoms. The number of furan rings is 1. The summed E-state index contributed by atoms with van der Waals surface area (Å²) in [5.74, 6) is 1.98. The van der Waals surface area contributed by atoms with Crippen LogP contribution in [0.15, 0.2) is 180 Å². The normalized spacial score (nSPS) is 11.9. The summed E-state index contributed by atoms with van der Waals surface area (Å²) >= 11 is 3.67. The van der Waals surface area contributed by atoms with Crippen LogP contribution < -0.4 is 0 Å². The number of hydrogen-bond acceptors (Lipinski definition) is 6. The Labute approximate surface area is 335 Å². The van der Waals surface area contributed by atoms with Crippen LogP contribution in [0.3, 0.4) is 0 Å². The van der Waals surface area contributed by atoms with Gasteiger partial charge in [-0.1, -0.05) is 133 Å². The highest BCUT2D eigenvalue weighted by atomic mass is 32.1. The monoisotopic (exact) mass is 763 g/mol. The molecule has 0 radical (unpaired) electrons. The molecule has 6 heteroatoms. The average Bonchev–Trinajstić information content (AvgIpc) is 3.97. The summed E-state index contributed by atoms with van der Waals surface area (Å²) in [6.45, 7) is 0. The zero-order valence-electron chi connectivity index (χ0n) is 30.3. The van der Waals surface area contributed by atoms with Crippen LogP contribution in [-0.4, -0.2) is 15.0 Å². The third-order valence-electron chi connectivity index (χ3n) is 10.9. The number of hydrogen-bond donors (Lipinski definition) is 0. The highest BCUT2D eigenvalue weighted by molar-refractivity contribution is 7.26. The number of fused-ring (bicyclic) bond motifs is 9. The van der Waals surface area contributed by atoms with Gasteiger partial charge in [-0.3, -0.25) is 0 Å². The van der Waals surface area contributed by atoms with Gasteiger partial charge in [0.25, 0.3) is 0 Å². The van der Waals surface area contributed by atoms with E-state index in [1.54, 1.807) is 0 Å². The maximum atomic E-state index is 6.32. The summed E-state index contributed by atoms with van der Waals surface area (Å²) in [6.07, 6.45) is 0. The molecule has 57 heavy (non-hydrogen) atoms. The molecule has 0 amide bonds.